The van der Waals surface area contributed by atoms with Gasteiger partial charge in [-0.1, -0.05) is 48.5 Å². The molecular formula is C23H23N3O3. The lowest BCUT2D eigenvalue weighted by atomic mass is 10.1. The highest BCUT2D eigenvalue weighted by molar-refractivity contribution is 5.93. The molecule has 148 valence electrons. The average Bonchev–Trinajstić information content (AvgIpc) is 2.94. The number of carbonyl (C=O) groups is 1. The van der Waals surface area contributed by atoms with Gasteiger partial charge in [-0.25, -0.2) is 0 Å². The molecule has 1 aliphatic rings. The molecule has 6 nitrogen and oxygen atoms in total. The number of ether oxygens (including phenoxy) is 1. The summed E-state index contributed by atoms with van der Waals surface area (Å²) in [6.45, 7) is 2.70. The lowest BCUT2D eigenvalue weighted by Crippen LogP contribution is -2.36. The Kier molecular flexibility index (Phi) is 5.72. The number of pyridine rings is 1. The van der Waals surface area contributed by atoms with Crippen LogP contribution in [0.5, 0.6) is 5.75 Å². The molecule has 1 atom stereocenters. The van der Waals surface area contributed by atoms with Crippen molar-refractivity contribution in [1.82, 2.24) is 10.2 Å². The summed E-state index contributed by atoms with van der Waals surface area (Å²) < 4.78 is 6.98. The maximum atomic E-state index is 12.3. The number of rotatable bonds is 5. The van der Waals surface area contributed by atoms with Gasteiger partial charge in [-0.2, -0.15) is 4.73 Å². The van der Waals surface area contributed by atoms with Gasteiger partial charge in [-0.3, -0.25) is 9.69 Å². The van der Waals surface area contributed by atoms with E-state index in [1.807, 2.05) is 36.4 Å². The summed E-state index contributed by atoms with van der Waals surface area (Å²) in [6, 6.07) is 21.3. The van der Waals surface area contributed by atoms with E-state index in [9.17, 15) is 10.0 Å². The molecule has 6 heteroatoms. The van der Waals surface area contributed by atoms with Crippen molar-refractivity contribution in [3.8, 4) is 5.75 Å². The van der Waals surface area contributed by atoms with Crippen molar-refractivity contribution >= 4 is 5.91 Å². The third kappa shape index (κ3) is 4.73. The molecule has 3 aromatic rings. The molecule has 1 aliphatic heterocycles. The molecule has 0 unspecified atom stereocenters. The SMILES string of the molecule is O=C(NCCN1Cc2ccccc2O[C@H](c2ccccc2)C1)c1cc[n+]([O-])cc1. The lowest BCUT2D eigenvalue weighted by molar-refractivity contribution is -0.605. The van der Waals surface area contributed by atoms with Crippen LogP contribution in [0.3, 0.4) is 0 Å². The number of nitrogens with zero attached hydrogens (tertiary/aromatic N) is 2. The predicted molar refractivity (Wildman–Crippen MR) is 109 cm³/mol. The molecule has 1 aromatic heterocycles. The van der Waals surface area contributed by atoms with Gasteiger partial charge in [0.25, 0.3) is 5.91 Å². The quantitative estimate of drug-likeness (QED) is 0.538. The Morgan fingerprint density at radius 2 is 1.79 bits per heavy atom. The summed E-state index contributed by atoms with van der Waals surface area (Å²) in [5.74, 6) is 0.722. The molecule has 0 radical (unpaired) electrons. The van der Waals surface area contributed by atoms with E-state index in [4.69, 9.17) is 4.74 Å². The Hall–Kier alpha value is -3.38. The first-order chi connectivity index (χ1) is 14.2. The zero-order valence-corrected chi connectivity index (χ0v) is 16.0. The number of para-hydroxylation sites is 1. The summed E-state index contributed by atoms with van der Waals surface area (Å²) in [7, 11) is 0. The molecule has 0 bridgehead atoms. The van der Waals surface area contributed by atoms with Crippen LogP contribution in [-0.4, -0.2) is 30.4 Å². The topological polar surface area (TPSA) is 68.5 Å². The van der Waals surface area contributed by atoms with Crippen LogP contribution in [0.2, 0.25) is 0 Å². The van der Waals surface area contributed by atoms with Crippen molar-refractivity contribution in [2.75, 3.05) is 19.6 Å². The fourth-order valence-corrected chi connectivity index (χ4v) is 3.49. The normalized spacial score (nSPS) is 16.3. The Balaban J connectivity index is 1.43. The van der Waals surface area contributed by atoms with Gasteiger partial charge in [-0.05, 0) is 11.6 Å². The minimum Gasteiger partial charge on any atom is -0.619 e. The van der Waals surface area contributed by atoms with Crippen LogP contribution < -0.4 is 14.8 Å². The van der Waals surface area contributed by atoms with Gasteiger partial charge in [0.05, 0.1) is 5.56 Å². The molecule has 4 rings (SSSR count). The van der Waals surface area contributed by atoms with Gasteiger partial charge in [0, 0.05) is 43.9 Å². The van der Waals surface area contributed by atoms with Crippen molar-refractivity contribution in [2.45, 2.75) is 12.6 Å². The minimum absolute atomic E-state index is 0.0721. The Bertz CT molecular complexity index is 961. The van der Waals surface area contributed by atoms with Crippen LogP contribution >= 0.6 is 0 Å². The van der Waals surface area contributed by atoms with Gasteiger partial charge in [0.15, 0.2) is 12.4 Å². The van der Waals surface area contributed by atoms with E-state index in [0.717, 1.165) is 30.0 Å². The van der Waals surface area contributed by atoms with Crippen LogP contribution in [0.4, 0.5) is 0 Å². The van der Waals surface area contributed by atoms with E-state index >= 15 is 0 Å². The van der Waals surface area contributed by atoms with E-state index in [-0.39, 0.29) is 12.0 Å². The van der Waals surface area contributed by atoms with E-state index in [1.165, 1.54) is 24.5 Å². The van der Waals surface area contributed by atoms with Crippen LogP contribution in [0, 0.1) is 5.21 Å². The lowest BCUT2D eigenvalue weighted by Gasteiger charge is -2.24. The van der Waals surface area contributed by atoms with Crippen molar-refractivity contribution in [3.05, 3.63) is 101 Å². The number of nitrogens with one attached hydrogen (secondary N) is 1. The number of fused-ring (bicyclic) bond motifs is 1. The monoisotopic (exact) mass is 389 g/mol. The predicted octanol–water partition coefficient (Wildman–Crippen LogP) is 2.69. The molecule has 1 amide bonds. The van der Waals surface area contributed by atoms with Crippen LogP contribution in [0.15, 0.2) is 79.1 Å². The average molecular weight is 389 g/mol. The second-order valence-electron chi connectivity index (χ2n) is 7.06. The highest BCUT2D eigenvalue weighted by Gasteiger charge is 2.24. The molecule has 2 heterocycles. The maximum absolute atomic E-state index is 12.3. The van der Waals surface area contributed by atoms with Crippen molar-refractivity contribution < 1.29 is 14.3 Å². The fourth-order valence-electron chi connectivity index (χ4n) is 3.49. The summed E-state index contributed by atoms with van der Waals surface area (Å²) in [4.78, 5) is 14.6. The molecule has 0 spiro atoms. The van der Waals surface area contributed by atoms with Crippen molar-refractivity contribution in [1.29, 1.82) is 0 Å². The van der Waals surface area contributed by atoms with Gasteiger partial charge in [0.1, 0.15) is 11.9 Å². The number of carbonyl (C=O) groups excluding carboxylic acids is 1. The van der Waals surface area contributed by atoms with Crippen LogP contribution in [-0.2, 0) is 6.54 Å². The zero-order valence-electron chi connectivity index (χ0n) is 16.0. The third-order valence-corrected chi connectivity index (χ3v) is 5.01. The van der Waals surface area contributed by atoms with Crippen molar-refractivity contribution in [3.63, 3.8) is 0 Å². The Morgan fingerprint density at radius 1 is 1.07 bits per heavy atom. The number of hydrogen-bond acceptors (Lipinski definition) is 4. The summed E-state index contributed by atoms with van der Waals surface area (Å²) in [5.41, 5.74) is 2.75. The standard InChI is InChI=1S/C23H23N3O3/c27-23(19-10-13-26(28)14-11-19)24-12-15-25-16-20-8-4-5-9-21(20)29-22(17-25)18-6-2-1-3-7-18/h1-11,13-14,22H,12,15-17H2,(H,24,27)/t22-/m0/s1. The smallest absolute Gasteiger partial charge is 0.251 e. The number of amides is 1. The van der Waals surface area contributed by atoms with Gasteiger partial charge in [-0.15, -0.1) is 0 Å². The van der Waals surface area contributed by atoms with Crippen molar-refractivity contribution in [2.24, 2.45) is 0 Å². The Labute approximate surface area is 169 Å². The number of hydrogen-bond donors (Lipinski definition) is 1. The van der Waals surface area contributed by atoms with E-state index in [1.54, 1.807) is 0 Å². The maximum Gasteiger partial charge on any atom is 0.251 e. The van der Waals surface area contributed by atoms with Gasteiger partial charge < -0.3 is 15.3 Å². The van der Waals surface area contributed by atoms with E-state index in [0.29, 0.717) is 23.4 Å². The molecule has 0 saturated heterocycles. The van der Waals surface area contributed by atoms with Gasteiger partial charge in [0.2, 0.25) is 0 Å². The molecule has 0 fully saturated rings. The zero-order chi connectivity index (χ0) is 20.1. The number of benzene rings is 2. The van der Waals surface area contributed by atoms with E-state index in [2.05, 4.69) is 28.4 Å². The minimum atomic E-state index is -0.184. The van der Waals surface area contributed by atoms with Crippen LogP contribution in [0.1, 0.15) is 27.6 Å². The first-order valence-corrected chi connectivity index (χ1v) is 9.68. The highest BCUT2D eigenvalue weighted by atomic mass is 16.5. The first-order valence-electron chi connectivity index (χ1n) is 9.68. The molecule has 2 aromatic carbocycles. The summed E-state index contributed by atoms with van der Waals surface area (Å²) in [6.07, 6.45) is 2.57. The fraction of sp³-hybridized carbons (Fsp3) is 0.217. The van der Waals surface area contributed by atoms with E-state index < -0.39 is 0 Å². The van der Waals surface area contributed by atoms with Gasteiger partial charge >= 0.3 is 0 Å². The first kappa shape index (κ1) is 19.0. The second-order valence-corrected chi connectivity index (χ2v) is 7.06. The molecule has 29 heavy (non-hydrogen) atoms. The third-order valence-electron chi connectivity index (χ3n) is 5.01. The molecule has 0 saturated carbocycles. The summed E-state index contributed by atoms with van der Waals surface area (Å²) >= 11 is 0. The number of aromatic nitrogens is 1. The second kappa shape index (κ2) is 8.75. The molecule has 1 N–H and O–H groups in total. The van der Waals surface area contributed by atoms with Crippen LogP contribution in [0.25, 0.3) is 0 Å². The molecule has 0 aliphatic carbocycles. The Morgan fingerprint density at radius 3 is 2.59 bits per heavy atom. The summed E-state index contributed by atoms with van der Waals surface area (Å²) in [5, 5.41) is 14.0. The molecular weight excluding hydrogens is 366 g/mol. The highest BCUT2D eigenvalue weighted by Crippen LogP contribution is 2.30. The largest absolute Gasteiger partial charge is 0.619 e.